The van der Waals surface area contributed by atoms with Gasteiger partial charge in [0.15, 0.2) is 0 Å². The van der Waals surface area contributed by atoms with Gasteiger partial charge in [-0.05, 0) is 56.2 Å². The summed E-state index contributed by atoms with van der Waals surface area (Å²) < 4.78 is 0. The third-order valence-electron chi connectivity index (χ3n) is 3.93. The van der Waals surface area contributed by atoms with Crippen molar-refractivity contribution in [1.82, 2.24) is 5.32 Å². The van der Waals surface area contributed by atoms with Gasteiger partial charge in [-0.2, -0.15) is 0 Å². The Morgan fingerprint density at radius 1 is 1.21 bits per heavy atom. The zero-order valence-corrected chi connectivity index (χ0v) is 11.9. The molecule has 0 saturated carbocycles. The minimum absolute atomic E-state index is 0.0594. The summed E-state index contributed by atoms with van der Waals surface area (Å²) >= 11 is 0. The van der Waals surface area contributed by atoms with Crippen LogP contribution in [0.5, 0.6) is 0 Å². The maximum Gasteiger partial charge on any atom is 0.0914 e. The number of rotatable bonds is 5. The van der Waals surface area contributed by atoms with E-state index in [2.05, 4.69) is 17.4 Å². The minimum Gasteiger partial charge on any atom is -0.394 e. The van der Waals surface area contributed by atoms with Gasteiger partial charge in [0.1, 0.15) is 0 Å². The fraction of sp³-hybridized carbons (Fsp3) is 0.625. The van der Waals surface area contributed by atoms with Crippen LogP contribution in [0, 0.1) is 0 Å². The first kappa shape index (κ1) is 14.5. The van der Waals surface area contributed by atoms with Gasteiger partial charge in [-0.3, -0.25) is 0 Å². The first-order valence-corrected chi connectivity index (χ1v) is 7.17. The molecule has 1 aromatic rings. The molecule has 3 heteroatoms. The summed E-state index contributed by atoms with van der Waals surface area (Å²) in [5.74, 6) is 0. The van der Waals surface area contributed by atoms with Crippen molar-refractivity contribution in [3.05, 3.63) is 34.9 Å². The molecular formula is C16H25NO2. The van der Waals surface area contributed by atoms with Crippen LogP contribution in [0.3, 0.4) is 0 Å². The summed E-state index contributed by atoms with van der Waals surface area (Å²) in [7, 11) is 0. The molecule has 2 rings (SSSR count). The maximum absolute atomic E-state index is 10.2. The van der Waals surface area contributed by atoms with Gasteiger partial charge in [0.25, 0.3) is 0 Å². The highest BCUT2D eigenvalue weighted by molar-refractivity contribution is 5.34. The lowest BCUT2D eigenvalue weighted by Crippen LogP contribution is -2.44. The summed E-state index contributed by atoms with van der Waals surface area (Å²) in [4.78, 5) is 0. The lowest BCUT2D eigenvalue weighted by Gasteiger charge is -2.26. The Balaban J connectivity index is 2.01. The lowest BCUT2D eigenvalue weighted by molar-refractivity contribution is 0.136. The van der Waals surface area contributed by atoms with Crippen LogP contribution < -0.4 is 5.32 Å². The molecule has 106 valence electrons. The van der Waals surface area contributed by atoms with Crippen LogP contribution in [0.15, 0.2) is 18.2 Å². The number of β-amino-alcohol motifs (C(OH)–C–C–N with tert-alkyl or cyclic N) is 1. The van der Waals surface area contributed by atoms with E-state index in [0.29, 0.717) is 6.54 Å². The second-order valence-corrected chi connectivity index (χ2v) is 6.17. The topological polar surface area (TPSA) is 52.5 Å². The SMILES string of the molecule is CC(C)(CO)NCC(O)c1ccc2c(c1)CCCC2. The molecule has 0 saturated heterocycles. The molecule has 3 nitrogen and oxygen atoms in total. The first-order chi connectivity index (χ1) is 9.02. The van der Waals surface area contributed by atoms with Gasteiger partial charge in [-0.1, -0.05) is 18.2 Å². The Labute approximate surface area is 115 Å². The van der Waals surface area contributed by atoms with Gasteiger partial charge in [-0.15, -0.1) is 0 Å². The van der Waals surface area contributed by atoms with E-state index in [-0.39, 0.29) is 12.1 Å². The zero-order valence-electron chi connectivity index (χ0n) is 11.9. The van der Waals surface area contributed by atoms with E-state index in [9.17, 15) is 10.2 Å². The molecule has 0 heterocycles. The van der Waals surface area contributed by atoms with Gasteiger partial charge in [0, 0.05) is 12.1 Å². The Bertz CT molecular complexity index is 429. The summed E-state index contributed by atoms with van der Waals surface area (Å²) in [6.07, 6.45) is 4.31. The number of hydrogen-bond donors (Lipinski definition) is 3. The van der Waals surface area contributed by atoms with Gasteiger partial charge >= 0.3 is 0 Å². The molecule has 0 fully saturated rings. The van der Waals surface area contributed by atoms with Crippen molar-refractivity contribution in [2.45, 2.75) is 51.2 Å². The van der Waals surface area contributed by atoms with Crippen LogP contribution >= 0.6 is 0 Å². The molecule has 0 aromatic heterocycles. The number of aliphatic hydroxyl groups excluding tert-OH is 2. The summed E-state index contributed by atoms with van der Waals surface area (Å²) in [6, 6.07) is 6.33. The van der Waals surface area contributed by atoms with Crippen LogP contribution in [-0.2, 0) is 12.8 Å². The molecule has 19 heavy (non-hydrogen) atoms. The number of aryl methyl sites for hydroxylation is 2. The standard InChI is InChI=1S/C16H25NO2/c1-16(2,11-18)17-10-15(19)14-8-7-12-5-3-4-6-13(12)9-14/h7-9,15,17-19H,3-6,10-11H2,1-2H3. The molecule has 1 aliphatic carbocycles. The molecule has 1 unspecified atom stereocenters. The van der Waals surface area contributed by atoms with Gasteiger partial charge in [0.2, 0.25) is 0 Å². The quantitative estimate of drug-likeness (QED) is 0.761. The predicted octanol–water partition coefficient (Wildman–Crippen LogP) is 1.96. The van der Waals surface area contributed by atoms with E-state index in [0.717, 1.165) is 12.0 Å². The van der Waals surface area contributed by atoms with Crippen molar-refractivity contribution in [2.24, 2.45) is 0 Å². The predicted molar refractivity (Wildman–Crippen MR) is 77.2 cm³/mol. The van der Waals surface area contributed by atoms with E-state index < -0.39 is 6.10 Å². The zero-order chi connectivity index (χ0) is 13.9. The number of nitrogens with one attached hydrogen (secondary N) is 1. The summed E-state index contributed by atoms with van der Waals surface area (Å²) in [6.45, 7) is 4.37. The fourth-order valence-electron chi connectivity index (χ4n) is 2.51. The van der Waals surface area contributed by atoms with Crippen molar-refractivity contribution < 1.29 is 10.2 Å². The second kappa shape index (κ2) is 6.04. The molecule has 1 aliphatic rings. The molecule has 0 aliphatic heterocycles. The monoisotopic (exact) mass is 263 g/mol. The fourth-order valence-corrected chi connectivity index (χ4v) is 2.51. The number of fused-ring (bicyclic) bond motifs is 1. The van der Waals surface area contributed by atoms with E-state index in [1.54, 1.807) is 0 Å². The van der Waals surface area contributed by atoms with E-state index in [1.165, 1.54) is 30.4 Å². The Hall–Kier alpha value is -0.900. The molecular weight excluding hydrogens is 238 g/mol. The van der Waals surface area contributed by atoms with E-state index in [1.807, 2.05) is 19.9 Å². The average Bonchev–Trinajstić information content (AvgIpc) is 2.44. The van der Waals surface area contributed by atoms with Gasteiger partial charge in [-0.25, -0.2) is 0 Å². The Kier molecular flexibility index (Phi) is 4.61. The van der Waals surface area contributed by atoms with E-state index >= 15 is 0 Å². The largest absolute Gasteiger partial charge is 0.394 e. The van der Waals surface area contributed by atoms with Crippen molar-refractivity contribution in [2.75, 3.05) is 13.2 Å². The molecule has 0 spiro atoms. The first-order valence-electron chi connectivity index (χ1n) is 7.17. The second-order valence-electron chi connectivity index (χ2n) is 6.17. The number of hydrogen-bond acceptors (Lipinski definition) is 3. The maximum atomic E-state index is 10.2. The summed E-state index contributed by atoms with van der Waals surface area (Å²) in [5, 5.41) is 22.6. The van der Waals surface area contributed by atoms with Gasteiger partial charge < -0.3 is 15.5 Å². The average molecular weight is 263 g/mol. The Morgan fingerprint density at radius 2 is 1.89 bits per heavy atom. The molecule has 0 amide bonds. The molecule has 0 radical (unpaired) electrons. The third kappa shape index (κ3) is 3.78. The Morgan fingerprint density at radius 3 is 2.58 bits per heavy atom. The molecule has 1 aromatic carbocycles. The highest BCUT2D eigenvalue weighted by Gasteiger charge is 2.18. The van der Waals surface area contributed by atoms with Crippen LogP contribution in [0.1, 0.15) is 49.5 Å². The van der Waals surface area contributed by atoms with Crippen LogP contribution in [-0.4, -0.2) is 28.9 Å². The molecule has 0 bridgehead atoms. The summed E-state index contributed by atoms with van der Waals surface area (Å²) in [5.41, 5.74) is 3.45. The third-order valence-corrected chi connectivity index (χ3v) is 3.93. The van der Waals surface area contributed by atoms with Crippen molar-refractivity contribution in [1.29, 1.82) is 0 Å². The van der Waals surface area contributed by atoms with Crippen molar-refractivity contribution in [3.63, 3.8) is 0 Å². The van der Waals surface area contributed by atoms with Crippen LogP contribution in [0.25, 0.3) is 0 Å². The highest BCUT2D eigenvalue weighted by Crippen LogP contribution is 2.24. The number of aliphatic hydroxyl groups is 2. The number of benzene rings is 1. The lowest BCUT2D eigenvalue weighted by atomic mass is 9.89. The van der Waals surface area contributed by atoms with Crippen LogP contribution in [0.2, 0.25) is 0 Å². The van der Waals surface area contributed by atoms with Crippen LogP contribution in [0.4, 0.5) is 0 Å². The van der Waals surface area contributed by atoms with Crippen molar-refractivity contribution >= 4 is 0 Å². The minimum atomic E-state index is -0.516. The molecule has 3 N–H and O–H groups in total. The highest BCUT2D eigenvalue weighted by atomic mass is 16.3. The normalized spacial score (nSPS) is 17.1. The smallest absolute Gasteiger partial charge is 0.0914 e. The van der Waals surface area contributed by atoms with Gasteiger partial charge in [0.05, 0.1) is 12.7 Å². The van der Waals surface area contributed by atoms with Crippen molar-refractivity contribution in [3.8, 4) is 0 Å². The van der Waals surface area contributed by atoms with E-state index in [4.69, 9.17) is 0 Å². The molecule has 1 atom stereocenters.